The molecule has 0 amide bonds. The van der Waals surface area contributed by atoms with Gasteiger partial charge in [-0.2, -0.15) is 23.3 Å². The first-order valence-corrected chi connectivity index (χ1v) is 9.23. The third-order valence-electron chi connectivity index (χ3n) is 4.43. The molecular weight excluding hydrogens is 410 g/mol. The van der Waals surface area contributed by atoms with Crippen LogP contribution in [0.1, 0.15) is 12.0 Å². The molecule has 10 heteroatoms. The maximum Gasteiger partial charge on any atom is 0.438 e. The van der Waals surface area contributed by atoms with Gasteiger partial charge in [-0.05, 0) is 36.4 Å². The molecule has 1 aliphatic rings. The van der Waals surface area contributed by atoms with Crippen LogP contribution >= 0.6 is 11.3 Å². The largest absolute Gasteiger partial charge is 0.508 e. The van der Waals surface area contributed by atoms with E-state index in [1.807, 2.05) is 0 Å². The summed E-state index contributed by atoms with van der Waals surface area (Å²) < 4.78 is 54.3. The van der Waals surface area contributed by atoms with Crippen molar-refractivity contribution in [1.82, 2.24) is 4.98 Å². The number of anilines is 1. The van der Waals surface area contributed by atoms with Crippen LogP contribution in [-0.4, -0.2) is 32.8 Å². The van der Waals surface area contributed by atoms with Gasteiger partial charge in [0.2, 0.25) is 5.13 Å². The average Bonchev–Trinajstić information content (AvgIpc) is 3.27. The minimum atomic E-state index is -5.02. The summed E-state index contributed by atoms with van der Waals surface area (Å²) in [5, 5.41) is 25.9. The molecule has 0 radical (unpaired) electrons. The van der Waals surface area contributed by atoms with Crippen molar-refractivity contribution < 1.29 is 27.8 Å². The van der Waals surface area contributed by atoms with Crippen molar-refractivity contribution in [2.45, 2.75) is 18.3 Å². The van der Waals surface area contributed by atoms with E-state index in [1.54, 1.807) is 0 Å². The summed E-state index contributed by atoms with van der Waals surface area (Å²) in [6.07, 6.45) is -5.85. The van der Waals surface area contributed by atoms with E-state index < -0.39 is 24.1 Å². The van der Waals surface area contributed by atoms with Crippen molar-refractivity contribution in [2.75, 3.05) is 5.01 Å². The van der Waals surface area contributed by atoms with Gasteiger partial charge in [0, 0.05) is 16.5 Å². The molecule has 0 saturated heterocycles. The van der Waals surface area contributed by atoms with Gasteiger partial charge in [-0.25, -0.2) is 9.37 Å². The van der Waals surface area contributed by atoms with Gasteiger partial charge in [0.1, 0.15) is 11.6 Å². The SMILES string of the molecule is Oc1cccc(C2=NN(c3nc(-c4ccc(F)cc4)cs3)[C@](O)(C(F)(F)F)C2)c1. The Hall–Kier alpha value is -2.98. The van der Waals surface area contributed by atoms with Gasteiger partial charge in [0.15, 0.2) is 0 Å². The lowest BCUT2D eigenvalue weighted by atomic mass is 10.0. The van der Waals surface area contributed by atoms with Crippen molar-refractivity contribution in [2.24, 2.45) is 5.10 Å². The molecule has 2 heterocycles. The molecule has 0 spiro atoms. The highest BCUT2D eigenvalue weighted by Crippen LogP contribution is 2.45. The Bertz CT molecular complexity index is 1080. The number of hydrazone groups is 1. The second kappa shape index (κ2) is 6.82. The topological polar surface area (TPSA) is 69.0 Å². The summed E-state index contributed by atoms with van der Waals surface area (Å²) in [6.45, 7) is 0. The zero-order valence-corrected chi connectivity index (χ0v) is 15.4. The van der Waals surface area contributed by atoms with Crippen LogP contribution in [0.3, 0.4) is 0 Å². The molecule has 0 unspecified atom stereocenters. The zero-order valence-electron chi connectivity index (χ0n) is 14.6. The van der Waals surface area contributed by atoms with Crippen molar-refractivity contribution >= 4 is 22.2 Å². The van der Waals surface area contributed by atoms with E-state index >= 15 is 0 Å². The lowest BCUT2D eigenvalue weighted by molar-refractivity contribution is -0.254. The second-order valence-corrected chi connectivity index (χ2v) is 7.26. The quantitative estimate of drug-likeness (QED) is 0.608. The van der Waals surface area contributed by atoms with Gasteiger partial charge < -0.3 is 10.2 Å². The number of aromatic hydroxyl groups is 1. The summed E-state index contributed by atoms with van der Waals surface area (Å²) in [6, 6.07) is 10.9. The van der Waals surface area contributed by atoms with Crippen LogP contribution in [0.4, 0.5) is 22.7 Å². The van der Waals surface area contributed by atoms with Crippen LogP contribution in [0.2, 0.25) is 0 Å². The van der Waals surface area contributed by atoms with Gasteiger partial charge in [0.05, 0.1) is 17.8 Å². The molecule has 1 aliphatic heterocycles. The highest BCUT2D eigenvalue weighted by Gasteiger charge is 2.62. The number of hydrogen-bond donors (Lipinski definition) is 2. The van der Waals surface area contributed by atoms with Gasteiger partial charge in [-0.3, -0.25) is 0 Å². The first kappa shape index (κ1) is 19.3. The average molecular weight is 423 g/mol. The summed E-state index contributed by atoms with van der Waals surface area (Å²) in [7, 11) is 0. The minimum Gasteiger partial charge on any atom is -0.508 e. The normalized spacial score (nSPS) is 19.5. The highest BCUT2D eigenvalue weighted by molar-refractivity contribution is 7.14. The number of hydrogen-bond acceptors (Lipinski definition) is 6. The number of aromatic nitrogens is 1. The number of nitrogens with zero attached hydrogens (tertiary/aromatic N) is 3. The predicted octanol–water partition coefficient (Wildman–Crippen LogP) is 4.52. The van der Waals surface area contributed by atoms with Gasteiger partial charge in [-0.1, -0.05) is 12.1 Å². The van der Waals surface area contributed by atoms with Gasteiger partial charge >= 0.3 is 6.18 Å². The molecular formula is C19H13F4N3O2S. The Morgan fingerprint density at radius 1 is 1.07 bits per heavy atom. The zero-order chi connectivity index (χ0) is 20.8. The third kappa shape index (κ3) is 3.45. The summed E-state index contributed by atoms with van der Waals surface area (Å²) in [5.41, 5.74) is -2.23. The fraction of sp³-hybridized carbons (Fsp3) is 0.158. The molecule has 0 saturated carbocycles. The smallest absolute Gasteiger partial charge is 0.438 e. The Labute approximate surface area is 166 Å². The highest BCUT2D eigenvalue weighted by atomic mass is 32.1. The number of aliphatic hydroxyl groups is 1. The minimum absolute atomic E-state index is 0.0424. The van der Waals surface area contributed by atoms with E-state index in [-0.39, 0.29) is 22.2 Å². The third-order valence-corrected chi connectivity index (χ3v) is 5.25. The predicted molar refractivity (Wildman–Crippen MR) is 100 cm³/mol. The number of phenols is 1. The monoisotopic (exact) mass is 423 g/mol. The Balaban J connectivity index is 1.75. The van der Waals surface area contributed by atoms with Crippen LogP contribution < -0.4 is 5.01 Å². The summed E-state index contributed by atoms with van der Waals surface area (Å²) >= 11 is 0.869. The maximum atomic E-state index is 13.7. The number of thiazole rings is 1. The molecule has 0 aliphatic carbocycles. The van der Waals surface area contributed by atoms with E-state index in [1.165, 1.54) is 53.9 Å². The lowest BCUT2D eigenvalue weighted by Gasteiger charge is -2.32. The van der Waals surface area contributed by atoms with Crippen molar-refractivity contribution in [1.29, 1.82) is 0 Å². The number of benzene rings is 2. The lowest BCUT2D eigenvalue weighted by Crippen LogP contribution is -2.55. The molecule has 4 rings (SSSR count). The molecule has 1 atom stereocenters. The van der Waals surface area contributed by atoms with Gasteiger partial charge in [0.25, 0.3) is 5.72 Å². The number of rotatable bonds is 3. The maximum absolute atomic E-state index is 13.7. The molecule has 1 aromatic heterocycles. The molecule has 3 aromatic rings. The van der Waals surface area contributed by atoms with Crippen molar-refractivity contribution in [3.05, 3.63) is 65.3 Å². The molecule has 0 bridgehead atoms. The fourth-order valence-corrected chi connectivity index (χ4v) is 3.78. The molecule has 2 aromatic carbocycles. The first-order chi connectivity index (χ1) is 13.7. The first-order valence-electron chi connectivity index (χ1n) is 8.35. The molecule has 29 heavy (non-hydrogen) atoms. The molecule has 2 N–H and O–H groups in total. The molecule has 150 valence electrons. The van der Waals surface area contributed by atoms with Crippen LogP contribution in [0.15, 0.2) is 59.0 Å². The van der Waals surface area contributed by atoms with Crippen molar-refractivity contribution in [3.8, 4) is 17.0 Å². The van der Waals surface area contributed by atoms with E-state index in [4.69, 9.17) is 0 Å². The number of halogens is 4. The van der Waals surface area contributed by atoms with Gasteiger partial charge in [-0.15, -0.1) is 11.3 Å². The summed E-state index contributed by atoms with van der Waals surface area (Å²) in [4.78, 5) is 4.15. The Kier molecular flexibility index (Phi) is 4.55. The van der Waals surface area contributed by atoms with E-state index in [0.717, 1.165) is 11.3 Å². The second-order valence-electron chi connectivity index (χ2n) is 6.42. The van der Waals surface area contributed by atoms with E-state index in [9.17, 15) is 27.8 Å². The van der Waals surface area contributed by atoms with Crippen LogP contribution in [0, 0.1) is 5.82 Å². The Morgan fingerprint density at radius 2 is 1.79 bits per heavy atom. The number of alkyl halides is 3. The standard InChI is InChI=1S/C19H13F4N3O2S/c20-13-6-4-11(5-7-13)16-10-29-17(24-16)26-18(28,19(21,22)23)9-15(25-26)12-2-1-3-14(27)8-12/h1-8,10,27-28H,9H2/t18-/m1/s1. The number of phenolic OH excluding ortho intramolecular Hbond substituents is 1. The van der Waals surface area contributed by atoms with Crippen LogP contribution in [0.5, 0.6) is 5.75 Å². The Morgan fingerprint density at radius 3 is 2.45 bits per heavy atom. The van der Waals surface area contributed by atoms with E-state index in [0.29, 0.717) is 16.3 Å². The van der Waals surface area contributed by atoms with E-state index in [2.05, 4.69) is 10.1 Å². The van der Waals surface area contributed by atoms with Crippen molar-refractivity contribution in [3.63, 3.8) is 0 Å². The molecule has 0 fully saturated rings. The van der Waals surface area contributed by atoms with Crippen LogP contribution in [0.25, 0.3) is 11.3 Å². The summed E-state index contributed by atoms with van der Waals surface area (Å²) in [5.74, 6) is -0.581. The molecule has 5 nitrogen and oxygen atoms in total. The van der Waals surface area contributed by atoms with Crippen LogP contribution in [-0.2, 0) is 0 Å². The fourth-order valence-electron chi connectivity index (χ4n) is 2.93.